The van der Waals surface area contributed by atoms with Crippen LogP contribution in [0.25, 0.3) is 16.7 Å². The van der Waals surface area contributed by atoms with Crippen LogP contribution in [0, 0.1) is 0 Å². The van der Waals surface area contributed by atoms with E-state index in [2.05, 4.69) is 10.2 Å². The normalized spacial score (nSPS) is 10.8. The largest absolute Gasteiger partial charge is 0.506 e. The van der Waals surface area contributed by atoms with E-state index in [1.54, 1.807) is 12.1 Å². The smallest absolute Gasteiger partial charge is 0.155 e. The van der Waals surface area contributed by atoms with Crippen LogP contribution in [0.3, 0.4) is 0 Å². The lowest BCUT2D eigenvalue weighted by atomic mass is 10.3. The summed E-state index contributed by atoms with van der Waals surface area (Å²) in [6.07, 6.45) is 0. The van der Waals surface area contributed by atoms with Gasteiger partial charge in [0, 0.05) is 0 Å². The van der Waals surface area contributed by atoms with E-state index in [-0.39, 0.29) is 5.75 Å². The van der Waals surface area contributed by atoms with Crippen molar-refractivity contribution in [2.45, 2.75) is 0 Å². The Labute approximate surface area is 91.8 Å². The molecule has 0 aliphatic carbocycles. The van der Waals surface area contributed by atoms with Crippen molar-refractivity contribution in [1.29, 1.82) is 0 Å². The second kappa shape index (κ2) is 3.34. The van der Waals surface area contributed by atoms with Crippen molar-refractivity contribution >= 4 is 11.0 Å². The molecule has 0 atom stereocenters. The Balaban J connectivity index is 2.23. The molecule has 16 heavy (non-hydrogen) atoms. The Morgan fingerprint density at radius 3 is 2.44 bits per heavy atom. The lowest BCUT2D eigenvalue weighted by Crippen LogP contribution is -1.97. The third-order valence-corrected chi connectivity index (χ3v) is 2.38. The Hall–Kier alpha value is -2.36. The van der Waals surface area contributed by atoms with E-state index in [1.807, 2.05) is 36.4 Å². The standard InChI is InChI=1S/C12H9N3O/c16-11-8-4-7-10-12(11)14-15(13-10)9-5-2-1-3-6-9/h1-8,16H. The first-order valence-electron chi connectivity index (χ1n) is 4.95. The van der Waals surface area contributed by atoms with Gasteiger partial charge in [0.25, 0.3) is 0 Å². The third-order valence-electron chi connectivity index (χ3n) is 2.38. The highest BCUT2D eigenvalue weighted by Gasteiger charge is 2.06. The molecule has 4 heteroatoms. The van der Waals surface area contributed by atoms with Crippen LogP contribution in [0.5, 0.6) is 5.75 Å². The van der Waals surface area contributed by atoms with E-state index in [0.717, 1.165) is 5.69 Å². The molecule has 0 aliphatic heterocycles. The van der Waals surface area contributed by atoms with Crippen LogP contribution in [0.2, 0.25) is 0 Å². The molecule has 0 spiro atoms. The predicted octanol–water partition coefficient (Wildman–Crippen LogP) is 2.13. The van der Waals surface area contributed by atoms with Crippen LogP contribution in [-0.4, -0.2) is 20.1 Å². The van der Waals surface area contributed by atoms with Gasteiger partial charge in [0.1, 0.15) is 11.3 Å². The minimum atomic E-state index is 0.152. The fourth-order valence-corrected chi connectivity index (χ4v) is 1.60. The zero-order valence-corrected chi connectivity index (χ0v) is 8.41. The van der Waals surface area contributed by atoms with Gasteiger partial charge >= 0.3 is 0 Å². The molecule has 0 unspecified atom stereocenters. The second-order valence-electron chi connectivity index (χ2n) is 3.47. The molecule has 2 aromatic carbocycles. The Kier molecular flexibility index (Phi) is 1.86. The maximum atomic E-state index is 9.62. The molecule has 1 N–H and O–H groups in total. The van der Waals surface area contributed by atoms with E-state index in [0.29, 0.717) is 11.0 Å². The first kappa shape index (κ1) is 8.91. The minimum Gasteiger partial charge on any atom is -0.506 e. The number of nitrogens with zero attached hydrogens (tertiary/aromatic N) is 3. The number of rotatable bonds is 1. The van der Waals surface area contributed by atoms with Crippen molar-refractivity contribution in [3.63, 3.8) is 0 Å². The number of fused-ring (bicyclic) bond motifs is 1. The first-order valence-corrected chi connectivity index (χ1v) is 4.95. The maximum Gasteiger partial charge on any atom is 0.155 e. The van der Waals surface area contributed by atoms with Gasteiger partial charge in [0.2, 0.25) is 0 Å². The van der Waals surface area contributed by atoms with Gasteiger partial charge in [-0.1, -0.05) is 24.3 Å². The van der Waals surface area contributed by atoms with Crippen LogP contribution >= 0.6 is 0 Å². The topological polar surface area (TPSA) is 50.9 Å². The molecule has 0 bridgehead atoms. The van der Waals surface area contributed by atoms with Gasteiger partial charge in [0.15, 0.2) is 5.52 Å². The summed E-state index contributed by atoms with van der Waals surface area (Å²) in [7, 11) is 0. The van der Waals surface area contributed by atoms with Gasteiger partial charge < -0.3 is 5.11 Å². The zero-order chi connectivity index (χ0) is 11.0. The van der Waals surface area contributed by atoms with Crippen molar-refractivity contribution in [3.8, 4) is 11.4 Å². The highest BCUT2D eigenvalue weighted by molar-refractivity contribution is 5.80. The van der Waals surface area contributed by atoms with Crippen molar-refractivity contribution in [2.24, 2.45) is 0 Å². The summed E-state index contributed by atoms with van der Waals surface area (Å²) >= 11 is 0. The minimum absolute atomic E-state index is 0.152. The van der Waals surface area contributed by atoms with E-state index in [9.17, 15) is 5.11 Å². The molecule has 0 aliphatic rings. The number of aromatic nitrogens is 3. The fraction of sp³-hybridized carbons (Fsp3) is 0. The molecule has 78 valence electrons. The highest BCUT2D eigenvalue weighted by Crippen LogP contribution is 2.21. The van der Waals surface area contributed by atoms with E-state index < -0.39 is 0 Å². The Morgan fingerprint density at radius 1 is 0.875 bits per heavy atom. The molecule has 1 aromatic heterocycles. The number of aromatic hydroxyl groups is 1. The van der Waals surface area contributed by atoms with Gasteiger partial charge in [-0.2, -0.15) is 4.80 Å². The van der Waals surface area contributed by atoms with Crippen molar-refractivity contribution in [3.05, 3.63) is 48.5 Å². The summed E-state index contributed by atoms with van der Waals surface area (Å²) in [5.41, 5.74) is 2.08. The van der Waals surface area contributed by atoms with Gasteiger partial charge in [-0.15, -0.1) is 10.2 Å². The number of hydrogen-bond donors (Lipinski definition) is 1. The highest BCUT2D eigenvalue weighted by atomic mass is 16.3. The summed E-state index contributed by atoms with van der Waals surface area (Å²) in [6.45, 7) is 0. The quantitative estimate of drug-likeness (QED) is 0.670. The number of phenolic OH excluding ortho intramolecular Hbond substituents is 1. The fourth-order valence-electron chi connectivity index (χ4n) is 1.60. The Bertz CT molecular complexity index is 631. The molecule has 3 rings (SSSR count). The van der Waals surface area contributed by atoms with Crippen LogP contribution < -0.4 is 0 Å². The SMILES string of the molecule is Oc1cccc2nn(-c3ccccc3)nc12. The zero-order valence-electron chi connectivity index (χ0n) is 8.41. The van der Waals surface area contributed by atoms with Crippen LogP contribution in [0.1, 0.15) is 0 Å². The molecule has 0 saturated carbocycles. The summed E-state index contributed by atoms with van der Waals surface area (Å²) in [5, 5.41) is 18.1. The average molecular weight is 211 g/mol. The van der Waals surface area contributed by atoms with Crippen molar-refractivity contribution in [2.75, 3.05) is 0 Å². The van der Waals surface area contributed by atoms with Crippen molar-refractivity contribution in [1.82, 2.24) is 15.0 Å². The number of hydrogen-bond acceptors (Lipinski definition) is 3. The molecule has 0 saturated heterocycles. The van der Waals surface area contributed by atoms with Crippen LogP contribution in [0.15, 0.2) is 48.5 Å². The first-order chi connectivity index (χ1) is 7.84. The molecular weight excluding hydrogens is 202 g/mol. The van der Waals surface area contributed by atoms with E-state index in [1.165, 1.54) is 4.80 Å². The lowest BCUT2D eigenvalue weighted by molar-refractivity contribution is 0.480. The van der Waals surface area contributed by atoms with Gasteiger partial charge in [-0.05, 0) is 24.3 Å². The second-order valence-corrected chi connectivity index (χ2v) is 3.47. The average Bonchev–Trinajstić information content (AvgIpc) is 2.76. The molecule has 1 heterocycles. The van der Waals surface area contributed by atoms with Gasteiger partial charge in [-0.25, -0.2) is 0 Å². The van der Waals surface area contributed by atoms with Crippen molar-refractivity contribution < 1.29 is 5.11 Å². The van der Waals surface area contributed by atoms with E-state index in [4.69, 9.17) is 0 Å². The van der Waals surface area contributed by atoms with Gasteiger partial charge in [0.05, 0.1) is 5.69 Å². The summed E-state index contributed by atoms with van der Waals surface area (Å²) in [4.78, 5) is 1.52. The molecule has 0 radical (unpaired) electrons. The predicted molar refractivity (Wildman–Crippen MR) is 60.5 cm³/mol. The monoisotopic (exact) mass is 211 g/mol. The molecule has 0 fully saturated rings. The summed E-state index contributed by atoms with van der Waals surface area (Å²) < 4.78 is 0. The summed E-state index contributed by atoms with van der Waals surface area (Å²) in [6, 6.07) is 14.8. The molecular formula is C12H9N3O. The molecule has 0 amide bonds. The molecule has 3 aromatic rings. The Morgan fingerprint density at radius 2 is 1.69 bits per heavy atom. The van der Waals surface area contributed by atoms with Gasteiger partial charge in [-0.3, -0.25) is 0 Å². The number of phenols is 1. The van der Waals surface area contributed by atoms with Crippen LogP contribution in [-0.2, 0) is 0 Å². The van der Waals surface area contributed by atoms with Crippen LogP contribution in [0.4, 0.5) is 0 Å². The summed E-state index contributed by atoms with van der Waals surface area (Å²) in [5.74, 6) is 0.152. The number of para-hydroxylation sites is 1. The molecule has 4 nitrogen and oxygen atoms in total. The maximum absolute atomic E-state index is 9.62. The van der Waals surface area contributed by atoms with E-state index >= 15 is 0 Å². The lowest BCUT2D eigenvalue weighted by Gasteiger charge is -1.96. The number of benzene rings is 2. The third kappa shape index (κ3) is 1.32.